The molecule has 0 aliphatic carbocycles. The van der Waals surface area contributed by atoms with E-state index in [9.17, 15) is 22.8 Å². The van der Waals surface area contributed by atoms with Crippen LogP contribution in [0.2, 0.25) is 5.02 Å². The molecule has 0 spiro atoms. The molecule has 0 saturated carbocycles. The van der Waals surface area contributed by atoms with Gasteiger partial charge < -0.3 is 10.1 Å². The van der Waals surface area contributed by atoms with E-state index in [1.807, 2.05) is 0 Å². The van der Waals surface area contributed by atoms with Gasteiger partial charge in [-0.3, -0.25) is 14.6 Å². The smallest absolute Gasteiger partial charge is 0.422 e. The number of amides is 1. The zero-order valence-electron chi connectivity index (χ0n) is 15.8. The van der Waals surface area contributed by atoms with E-state index in [0.717, 1.165) is 0 Å². The number of halogens is 4. The highest BCUT2D eigenvalue weighted by atomic mass is 35.5. The molecule has 1 unspecified atom stereocenters. The minimum atomic E-state index is -4.46. The Bertz CT molecular complexity index is 888. The molecule has 1 aromatic heterocycles. The average Bonchev–Trinajstić information content (AvgIpc) is 2.66. The number of Topliss-reactive ketones (excluding diaryl/α,β-unsaturated/α-hetero) is 1. The fourth-order valence-corrected chi connectivity index (χ4v) is 2.71. The Kier molecular flexibility index (Phi) is 7.61. The third kappa shape index (κ3) is 7.05. The van der Waals surface area contributed by atoms with Crippen LogP contribution in [0.25, 0.3) is 0 Å². The molecule has 0 aliphatic rings. The maximum Gasteiger partial charge on any atom is 0.422 e. The van der Waals surface area contributed by atoms with E-state index in [-0.39, 0.29) is 28.9 Å². The maximum absolute atomic E-state index is 12.5. The number of alkyl halides is 3. The van der Waals surface area contributed by atoms with Crippen molar-refractivity contribution in [2.45, 2.75) is 38.9 Å². The molecule has 5 nitrogen and oxygen atoms in total. The highest BCUT2D eigenvalue weighted by Crippen LogP contribution is 2.29. The number of hydrogen-bond donors (Lipinski definition) is 1. The normalized spacial score (nSPS) is 12.3. The van der Waals surface area contributed by atoms with Gasteiger partial charge >= 0.3 is 6.18 Å². The van der Waals surface area contributed by atoms with Crippen LogP contribution in [0.5, 0.6) is 5.75 Å². The van der Waals surface area contributed by atoms with E-state index in [4.69, 9.17) is 11.6 Å². The minimum Gasteiger partial charge on any atom is -0.483 e. The van der Waals surface area contributed by atoms with E-state index in [1.165, 1.54) is 30.5 Å². The molecule has 29 heavy (non-hydrogen) atoms. The van der Waals surface area contributed by atoms with Gasteiger partial charge in [0.15, 0.2) is 6.61 Å². The van der Waals surface area contributed by atoms with Gasteiger partial charge in [-0.2, -0.15) is 13.2 Å². The van der Waals surface area contributed by atoms with Gasteiger partial charge in [0.2, 0.25) is 0 Å². The summed E-state index contributed by atoms with van der Waals surface area (Å²) < 4.78 is 41.5. The number of hydrogen-bond acceptors (Lipinski definition) is 4. The monoisotopic (exact) mass is 428 g/mol. The number of pyridine rings is 1. The van der Waals surface area contributed by atoms with Crippen molar-refractivity contribution in [1.82, 2.24) is 10.3 Å². The zero-order chi connectivity index (χ0) is 21.6. The van der Waals surface area contributed by atoms with Crippen LogP contribution in [0.1, 0.15) is 47.9 Å². The fourth-order valence-electron chi connectivity index (χ4n) is 2.47. The second kappa shape index (κ2) is 9.73. The first-order valence-corrected chi connectivity index (χ1v) is 9.23. The second-order valence-electron chi connectivity index (χ2n) is 6.39. The largest absolute Gasteiger partial charge is 0.483 e. The minimum absolute atomic E-state index is 0.0112. The standard InChI is InChI=1S/C20H20ClF3N2O3/c1-3-16(27)10-15-8-14(6-7-25-15)19(28)26-12(2)13-4-5-18(17(21)9-13)29-11-20(22,23)24/h4-9,12H,3,10-11H2,1-2H3,(H,26,28). The van der Waals surface area contributed by atoms with Crippen molar-refractivity contribution < 1.29 is 27.5 Å². The summed E-state index contributed by atoms with van der Waals surface area (Å²) in [7, 11) is 0. The Morgan fingerprint density at radius 3 is 2.59 bits per heavy atom. The molecule has 2 aromatic rings. The van der Waals surface area contributed by atoms with Crippen LogP contribution >= 0.6 is 11.6 Å². The number of ketones is 1. The van der Waals surface area contributed by atoms with Gasteiger partial charge in [0.25, 0.3) is 5.91 Å². The molecule has 1 aromatic carbocycles. The van der Waals surface area contributed by atoms with Gasteiger partial charge in [-0.05, 0) is 36.8 Å². The third-order valence-corrected chi connectivity index (χ3v) is 4.34. The highest BCUT2D eigenvalue weighted by Gasteiger charge is 2.28. The summed E-state index contributed by atoms with van der Waals surface area (Å²) >= 11 is 5.99. The molecular weight excluding hydrogens is 409 g/mol. The maximum atomic E-state index is 12.5. The van der Waals surface area contributed by atoms with Crippen LogP contribution in [0, 0.1) is 0 Å². The fraction of sp³-hybridized carbons (Fsp3) is 0.350. The van der Waals surface area contributed by atoms with Gasteiger partial charge in [0.1, 0.15) is 11.5 Å². The first-order valence-electron chi connectivity index (χ1n) is 8.85. The Hall–Kier alpha value is -2.61. The molecule has 2 rings (SSSR count). The molecule has 0 aliphatic heterocycles. The van der Waals surface area contributed by atoms with Crippen molar-refractivity contribution >= 4 is 23.3 Å². The molecule has 1 heterocycles. The number of aromatic nitrogens is 1. The average molecular weight is 429 g/mol. The van der Waals surface area contributed by atoms with Crippen LogP contribution < -0.4 is 10.1 Å². The molecule has 0 radical (unpaired) electrons. The van der Waals surface area contributed by atoms with Crippen LogP contribution in [0.3, 0.4) is 0 Å². The predicted octanol–water partition coefficient (Wildman–Crippen LogP) is 4.69. The summed E-state index contributed by atoms with van der Waals surface area (Å²) in [5, 5.41) is 2.79. The van der Waals surface area contributed by atoms with Crippen molar-refractivity contribution in [3.63, 3.8) is 0 Å². The quantitative estimate of drug-likeness (QED) is 0.662. The highest BCUT2D eigenvalue weighted by molar-refractivity contribution is 6.32. The summed E-state index contributed by atoms with van der Waals surface area (Å²) in [5.74, 6) is -0.449. The number of nitrogens with one attached hydrogen (secondary N) is 1. The molecular formula is C20H20ClF3N2O3. The Balaban J connectivity index is 2.05. The SMILES string of the molecule is CCC(=O)Cc1cc(C(=O)NC(C)c2ccc(OCC(F)(F)F)c(Cl)c2)ccn1. The van der Waals surface area contributed by atoms with Gasteiger partial charge in [-0.25, -0.2) is 0 Å². The lowest BCUT2D eigenvalue weighted by Gasteiger charge is -2.17. The topological polar surface area (TPSA) is 68.3 Å². The lowest BCUT2D eigenvalue weighted by Crippen LogP contribution is -2.27. The van der Waals surface area contributed by atoms with Gasteiger partial charge in [0, 0.05) is 30.3 Å². The predicted molar refractivity (Wildman–Crippen MR) is 102 cm³/mol. The first-order chi connectivity index (χ1) is 13.6. The summed E-state index contributed by atoms with van der Waals surface area (Å²) in [6.45, 7) is 2.02. The van der Waals surface area contributed by atoms with Crippen LogP contribution in [0.4, 0.5) is 13.2 Å². The molecule has 0 fully saturated rings. The number of benzene rings is 1. The lowest BCUT2D eigenvalue weighted by molar-refractivity contribution is -0.153. The molecule has 0 saturated heterocycles. The molecule has 156 valence electrons. The van der Waals surface area contributed by atoms with Crippen molar-refractivity contribution in [3.8, 4) is 5.75 Å². The van der Waals surface area contributed by atoms with E-state index >= 15 is 0 Å². The Morgan fingerprint density at radius 2 is 1.97 bits per heavy atom. The van der Waals surface area contributed by atoms with Crippen molar-refractivity contribution in [1.29, 1.82) is 0 Å². The summed E-state index contributed by atoms with van der Waals surface area (Å²) in [5.41, 5.74) is 1.45. The van der Waals surface area contributed by atoms with E-state index in [1.54, 1.807) is 19.9 Å². The van der Waals surface area contributed by atoms with Crippen LogP contribution in [-0.2, 0) is 11.2 Å². The van der Waals surface area contributed by atoms with E-state index in [2.05, 4.69) is 15.0 Å². The number of carbonyl (C=O) groups excluding carboxylic acids is 2. The Morgan fingerprint density at radius 1 is 1.24 bits per heavy atom. The van der Waals surface area contributed by atoms with Crippen LogP contribution in [-0.4, -0.2) is 29.5 Å². The van der Waals surface area contributed by atoms with E-state index in [0.29, 0.717) is 23.2 Å². The molecule has 1 N–H and O–H groups in total. The molecule has 0 bridgehead atoms. The van der Waals surface area contributed by atoms with E-state index < -0.39 is 18.8 Å². The summed E-state index contributed by atoms with van der Waals surface area (Å²) in [4.78, 5) is 28.1. The van der Waals surface area contributed by atoms with Gasteiger partial charge in [0.05, 0.1) is 11.1 Å². The Labute approximate surface area is 171 Å². The van der Waals surface area contributed by atoms with Crippen LogP contribution in [0.15, 0.2) is 36.5 Å². The zero-order valence-corrected chi connectivity index (χ0v) is 16.6. The number of carbonyl (C=O) groups is 2. The van der Waals surface area contributed by atoms with Crippen molar-refractivity contribution in [2.24, 2.45) is 0 Å². The van der Waals surface area contributed by atoms with Gasteiger partial charge in [-0.1, -0.05) is 24.6 Å². The lowest BCUT2D eigenvalue weighted by atomic mass is 10.1. The summed E-state index contributed by atoms with van der Waals surface area (Å²) in [6.07, 6.45) is -2.46. The third-order valence-electron chi connectivity index (χ3n) is 4.05. The first kappa shape index (κ1) is 22.7. The molecule has 1 amide bonds. The molecule has 1 atom stereocenters. The summed E-state index contributed by atoms with van der Waals surface area (Å²) in [6, 6.07) is 6.91. The number of nitrogens with zero attached hydrogens (tertiary/aromatic N) is 1. The van der Waals surface area contributed by atoms with Crippen molar-refractivity contribution in [3.05, 3.63) is 58.4 Å². The molecule has 9 heteroatoms. The number of rotatable bonds is 8. The van der Waals surface area contributed by atoms with Crippen molar-refractivity contribution in [2.75, 3.05) is 6.61 Å². The number of ether oxygens (including phenoxy) is 1. The second-order valence-corrected chi connectivity index (χ2v) is 6.80. The van der Waals surface area contributed by atoms with Gasteiger partial charge in [-0.15, -0.1) is 0 Å².